The van der Waals surface area contributed by atoms with Gasteiger partial charge >= 0.3 is 0 Å². The van der Waals surface area contributed by atoms with Gasteiger partial charge in [0.1, 0.15) is 15.5 Å². The molecule has 0 aliphatic heterocycles. The van der Waals surface area contributed by atoms with Crippen LogP contribution in [0.2, 0.25) is 0 Å². The second-order valence-electron chi connectivity index (χ2n) is 9.34. The van der Waals surface area contributed by atoms with E-state index in [0.29, 0.717) is 0 Å². The number of hydrogen-bond donors (Lipinski definition) is 6. The molecule has 1 aliphatic rings. The van der Waals surface area contributed by atoms with Gasteiger partial charge in [-0.05, 0) is 35.4 Å². The van der Waals surface area contributed by atoms with Gasteiger partial charge in [0, 0.05) is 12.8 Å². The lowest BCUT2D eigenvalue weighted by atomic mass is 9.84. The van der Waals surface area contributed by atoms with E-state index in [0.717, 1.165) is 30.3 Å². The lowest BCUT2D eigenvalue weighted by Gasteiger charge is -2.46. The molecule has 0 unspecified atom stereocenters. The maximum Gasteiger partial charge on any atom is 0.296 e. The lowest BCUT2D eigenvalue weighted by Crippen LogP contribution is -2.60. The Morgan fingerprint density at radius 2 is 0.976 bits per heavy atom. The molecule has 0 radical (unpaired) electrons. The molecule has 1 aliphatic carbocycles. The minimum Gasteiger partial charge on any atom is -0.361 e. The molecule has 4 rings (SSSR count). The molecule has 0 bridgehead atoms. The Morgan fingerprint density at radius 3 is 1.38 bits per heavy atom. The standard InChI is InChI=1S/C24H24N2O12S4/c27-39(28,29)21-12-6-4-10-19(21)25-23(26-20-11-5-7-13-22(20)40(30,31)32)15-14-18(17-8-2-1-3-9-17)24(16-23,41(33,34)35)42(36,37)38/h1-14,25-26H,15-16H2,(H,27,28,29)(H,30,31,32)(H,33,34,35)(H,36,37,38). The first-order valence-corrected chi connectivity index (χ1v) is 17.5. The third-order valence-electron chi connectivity index (χ3n) is 6.60. The summed E-state index contributed by atoms with van der Waals surface area (Å²) < 4.78 is 138. The highest BCUT2D eigenvalue weighted by Crippen LogP contribution is 2.50. The molecule has 0 heterocycles. The third kappa shape index (κ3) is 5.92. The van der Waals surface area contributed by atoms with Crippen LogP contribution in [0.15, 0.2) is 94.7 Å². The average Bonchev–Trinajstić information content (AvgIpc) is 2.87. The Kier molecular flexibility index (Phi) is 8.06. The number of para-hydroxylation sites is 2. The Bertz CT molecular complexity index is 1880. The normalized spacial score (nSPS) is 17.2. The number of nitrogens with one attached hydrogen (secondary N) is 2. The van der Waals surface area contributed by atoms with Gasteiger partial charge in [-0.3, -0.25) is 18.2 Å². The topological polar surface area (TPSA) is 242 Å². The minimum atomic E-state index is -5.80. The van der Waals surface area contributed by atoms with Crippen LogP contribution >= 0.6 is 0 Å². The Hall–Kier alpha value is -3.36. The smallest absolute Gasteiger partial charge is 0.296 e. The summed E-state index contributed by atoms with van der Waals surface area (Å²) in [5, 5.41) is 5.29. The van der Waals surface area contributed by atoms with Gasteiger partial charge in [-0.2, -0.15) is 33.7 Å². The van der Waals surface area contributed by atoms with Gasteiger partial charge in [0.05, 0.1) is 11.4 Å². The van der Waals surface area contributed by atoms with E-state index in [1.165, 1.54) is 48.5 Å². The Labute approximate surface area is 242 Å². The second kappa shape index (κ2) is 10.7. The SMILES string of the molecule is O=S(=O)(O)c1ccccc1NC1(Nc2ccccc2S(=O)(=O)O)CC=C(c2ccccc2)C(S(=O)(=O)O)(S(=O)(=O)O)C1. The van der Waals surface area contributed by atoms with E-state index >= 15 is 0 Å². The molecule has 18 heteroatoms. The van der Waals surface area contributed by atoms with Gasteiger partial charge in [0.15, 0.2) is 0 Å². The van der Waals surface area contributed by atoms with Crippen LogP contribution in [0.25, 0.3) is 5.57 Å². The molecule has 3 aromatic carbocycles. The molecule has 14 nitrogen and oxygen atoms in total. The van der Waals surface area contributed by atoms with Crippen molar-refractivity contribution in [1.82, 2.24) is 0 Å². The Morgan fingerprint density at radius 1 is 0.571 bits per heavy atom. The van der Waals surface area contributed by atoms with Crippen molar-refractivity contribution < 1.29 is 51.9 Å². The van der Waals surface area contributed by atoms with Gasteiger partial charge < -0.3 is 10.6 Å². The summed E-state index contributed by atoms with van der Waals surface area (Å²) in [7, 11) is -21.5. The number of anilines is 2. The molecule has 0 fully saturated rings. The van der Waals surface area contributed by atoms with E-state index in [4.69, 9.17) is 0 Å². The van der Waals surface area contributed by atoms with Crippen LogP contribution in [0.1, 0.15) is 18.4 Å². The molecule has 0 atom stereocenters. The van der Waals surface area contributed by atoms with Gasteiger partial charge in [0.2, 0.25) is 0 Å². The monoisotopic (exact) mass is 660 g/mol. The largest absolute Gasteiger partial charge is 0.361 e. The molecule has 226 valence electrons. The fourth-order valence-electron chi connectivity index (χ4n) is 4.87. The van der Waals surface area contributed by atoms with Crippen LogP contribution in [-0.2, 0) is 40.5 Å². The maximum atomic E-state index is 13.0. The first-order chi connectivity index (χ1) is 19.3. The molecule has 42 heavy (non-hydrogen) atoms. The van der Waals surface area contributed by atoms with Crippen molar-refractivity contribution in [3.8, 4) is 0 Å². The minimum absolute atomic E-state index is 0.0157. The summed E-state index contributed by atoms with van der Waals surface area (Å²) in [5.74, 6) is 0. The van der Waals surface area contributed by atoms with Crippen LogP contribution in [0.3, 0.4) is 0 Å². The lowest BCUT2D eigenvalue weighted by molar-refractivity contribution is 0.392. The summed E-state index contributed by atoms with van der Waals surface area (Å²) in [6, 6.07) is 16.5. The fraction of sp³-hybridized carbons (Fsp3) is 0.167. The van der Waals surface area contributed by atoms with E-state index < -0.39 is 89.8 Å². The van der Waals surface area contributed by atoms with Crippen molar-refractivity contribution in [2.45, 2.75) is 32.4 Å². The first kappa shape index (κ1) is 31.6. The van der Waals surface area contributed by atoms with E-state index in [2.05, 4.69) is 10.6 Å². The fourth-order valence-corrected chi connectivity index (χ4v) is 9.05. The van der Waals surface area contributed by atoms with Crippen molar-refractivity contribution in [3.05, 3.63) is 90.5 Å². The van der Waals surface area contributed by atoms with Crippen LogP contribution in [-0.4, -0.2) is 61.6 Å². The molecular weight excluding hydrogens is 637 g/mol. The van der Waals surface area contributed by atoms with E-state index in [-0.39, 0.29) is 5.56 Å². The van der Waals surface area contributed by atoms with Crippen LogP contribution < -0.4 is 10.6 Å². The quantitative estimate of drug-likeness (QED) is 0.143. The summed E-state index contributed by atoms with van der Waals surface area (Å²) in [6.45, 7) is 0. The van der Waals surface area contributed by atoms with Gasteiger partial charge in [-0.15, -0.1) is 0 Å². The average molecular weight is 661 g/mol. The number of benzene rings is 3. The highest BCUT2D eigenvalue weighted by Gasteiger charge is 2.63. The van der Waals surface area contributed by atoms with E-state index in [9.17, 15) is 51.9 Å². The highest BCUT2D eigenvalue weighted by atomic mass is 32.3. The third-order valence-corrected chi connectivity index (χ3v) is 12.1. The highest BCUT2D eigenvalue weighted by molar-refractivity contribution is 8.06. The predicted molar refractivity (Wildman–Crippen MR) is 152 cm³/mol. The number of rotatable bonds is 9. The Balaban J connectivity index is 2.08. The van der Waals surface area contributed by atoms with Crippen molar-refractivity contribution in [2.75, 3.05) is 10.6 Å². The zero-order valence-electron chi connectivity index (χ0n) is 21.2. The molecule has 3 aromatic rings. The summed E-state index contributed by atoms with van der Waals surface area (Å²) in [6.07, 6.45) is -0.686. The van der Waals surface area contributed by atoms with Gasteiger partial charge in [-0.1, -0.05) is 60.7 Å². The van der Waals surface area contributed by atoms with Crippen molar-refractivity contribution >= 4 is 57.4 Å². The van der Waals surface area contributed by atoms with Gasteiger partial charge in [-0.25, -0.2) is 0 Å². The zero-order valence-corrected chi connectivity index (χ0v) is 24.5. The molecule has 0 saturated carbocycles. The maximum absolute atomic E-state index is 13.0. The number of hydrogen-bond acceptors (Lipinski definition) is 10. The molecular formula is C24H24N2O12S4. The van der Waals surface area contributed by atoms with Crippen LogP contribution in [0, 0.1) is 0 Å². The van der Waals surface area contributed by atoms with E-state index in [1.54, 1.807) is 6.07 Å². The van der Waals surface area contributed by atoms with E-state index in [1.807, 2.05) is 0 Å². The van der Waals surface area contributed by atoms with Crippen LogP contribution in [0.4, 0.5) is 11.4 Å². The molecule has 0 amide bonds. The molecule has 0 spiro atoms. The summed E-state index contributed by atoms with van der Waals surface area (Å²) in [4.78, 5) is -1.45. The molecule has 0 saturated heterocycles. The van der Waals surface area contributed by atoms with Crippen molar-refractivity contribution in [1.29, 1.82) is 0 Å². The van der Waals surface area contributed by atoms with Crippen molar-refractivity contribution in [3.63, 3.8) is 0 Å². The second-order valence-corrected chi connectivity index (χ2v) is 15.7. The van der Waals surface area contributed by atoms with Gasteiger partial charge in [0.25, 0.3) is 44.6 Å². The molecule has 6 N–H and O–H groups in total. The zero-order chi connectivity index (χ0) is 31.2. The summed E-state index contributed by atoms with van der Waals surface area (Å²) >= 11 is 0. The summed E-state index contributed by atoms with van der Waals surface area (Å²) in [5.41, 5.74) is -3.59. The predicted octanol–water partition coefficient (Wildman–Crippen LogP) is 2.75. The molecule has 0 aromatic heterocycles. The van der Waals surface area contributed by atoms with Crippen molar-refractivity contribution in [2.24, 2.45) is 0 Å². The van der Waals surface area contributed by atoms with Crippen LogP contribution in [0.5, 0.6) is 0 Å². The first-order valence-electron chi connectivity index (χ1n) is 11.7.